The van der Waals surface area contributed by atoms with Crippen LogP contribution in [0.4, 0.5) is 5.82 Å². The van der Waals surface area contributed by atoms with E-state index in [1.807, 2.05) is 30.3 Å². The van der Waals surface area contributed by atoms with Gasteiger partial charge in [-0.2, -0.15) is 5.26 Å². The fourth-order valence-electron chi connectivity index (χ4n) is 2.75. The molecule has 1 heterocycles. The van der Waals surface area contributed by atoms with Crippen LogP contribution in [0.15, 0.2) is 33.9 Å². The van der Waals surface area contributed by atoms with Gasteiger partial charge < -0.3 is 5.32 Å². The molecule has 1 N–H and O–H groups in total. The first-order valence-electron chi connectivity index (χ1n) is 7.16. The van der Waals surface area contributed by atoms with Gasteiger partial charge in [-0.25, -0.2) is 4.79 Å². The molecule has 2 aromatic rings. The summed E-state index contributed by atoms with van der Waals surface area (Å²) in [6.07, 6.45) is 0.856. The first-order valence-corrected chi connectivity index (χ1v) is 7.54. The van der Waals surface area contributed by atoms with Crippen LogP contribution in [0.5, 0.6) is 0 Å². The molecule has 23 heavy (non-hydrogen) atoms. The number of nitrogens with one attached hydrogen (secondary N) is 1. The standard InChI is InChI=1S/C16H15ClN4O2/c1-20-14(12(8-18)15(22)21(2)16(20)23)19-13-7-11(13)9-4-3-5-10(17)6-9/h3-6,11,13,19H,7H2,1-2H3/t11-,13-/m1/s1. The van der Waals surface area contributed by atoms with Gasteiger partial charge in [-0.1, -0.05) is 23.7 Å². The van der Waals surface area contributed by atoms with E-state index in [0.29, 0.717) is 5.02 Å². The van der Waals surface area contributed by atoms with E-state index >= 15 is 0 Å². The molecule has 1 aliphatic rings. The van der Waals surface area contributed by atoms with Crippen LogP contribution >= 0.6 is 11.6 Å². The normalized spacial score (nSPS) is 19.2. The van der Waals surface area contributed by atoms with E-state index in [9.17, 15) is 14.9 Å². The SMILES string of the molecule is Cn1c(N[C@@H]2C[C@@H]2c2cccc(Cl)c2)c(C#N)c(=O)n(C)c1=O. The maximum absolute atomic E-state index is 12.1. The zero-order chi connectivity index (χ0) is 16.7. The Hall–Kier alpha value is -2.52. The van der Waals surface area contributed by atoms with Crippen molar-refractivity contribution in [3.8, 4) is 6.07 Å². The Balaban J connectivity index is 1.93. The molecule has 1 aliphatic carbocycles. The molecule has 1 aromatic heterocycles. The molecule has 0 unspecified atom stereocenters. The van der Waals surface area contributed by atoms with Gasteiger partial charge in [0.1, 0.15) is 11.9 Å². The van der Waals surface area contributed by atoms with Crippen molar-refractivity contribution in [3.05, 3.63) is 61.3 Å². The molecule has 6 nitrogen and oxygen atoms in total. The number of rotatable bonds is 3. The van der Waals surface area contributed by atoms with E-state index in [4.69, 9.17) is 11.6 Å². The van der Waals surface area contributed by atoms with Gasteiger partial charge in [-0.3, -0.25) is 13.9 Å². The summed E-state index contributed by atoms with van der Waals surface area (Å²) in [5, 5.41) is 13.1. The maximum atomic E-state index is 12.1. The minimum Gasteiger partial charge on any atom is -0.367 e. The first-order chi connectivity index (χ1) is 10.9. The van der Waals surface area contributed by atoms with Gasteiger partial charge >= 0.3 is 5.69 Å². The Morgan fingerprint density at radius 1 is 1.30 bits per heavy atom. The number of benzene rings is 1. The average Bonchev–Trinajstić information content (AvgIpc) is 3.30. The monoisotopic (exact) mass is 330 g/mol. The lowest BCUT2D eigenvalue weighted by atomic mass is 10.1. The zero-order valence-corrected chi connectivity index (χ0v) is 13.5. The molecule has 1 fully saturated rings. The second-order valence-corrected chi connectivity index (χ2v) is 6.13. The van der Waals surface area contributed by atoms with Gasteiger partial charge in [-0.05, 0) is 24.1 Å². The summed E-state index contributed by atoms with van der Waals surface area (Å²) in [4.78, 5) is 24.1. The highest BCUT2D eigenvalue weighted by molar-refractivity contribution is 6.30. The highest BCUT2D eigenvalue weighted by atomic mass is 35.5. The Morgan fingerprint density at radius 3 is 2.70 bits per heavy atom. The lowest BCUT2D eigenvalue weighted by Crippen LogP contribution is -2.40. The Labute approximate surface area is 137 Å². The Bertz CT molecular complexity index is 939. The smallest absolute Gasteiger partial charge is 0.332 e. The quantitative estimate of drug-likeness (QED) is 0.926. The van der Waals surface area contributed by atoms with Crippen LogP contribution in [0.25, 0.3) is 0 Å². The van der Waals surface area contributed by atoms with E-state index in [0.717, 1.165) is 16.6 Å². The molecule has 7 heteroatoms. The molecule has 0 aliphatic heterocycles. The molecule has 1 saturated carbocycles. The van der Waals surface area contributed by atoms with Gasteiger partial charge in [0.2, 0.25) is 0 Å². The predicted octanol–water partition coefficient (Wildman–Crippen LogP) is 1.58. The molecule has 0 radical (unpaired) electrons. The minimum absolute atomic E-state index is 0.0497. The summed E-state index contributed by atoms with van der Waals surface area (Å²) in [7, 11) is 2.91. The van der Waals surface area contributed by atoms with E-state index in [1.165, 1.54) is 11.6 Å². The highest BCUT2D eigenvalue weighted by Crippen LogP contribution is 2.43. The molecule has 118 valence electrons. The zero-order valence-electron chi connectivity index (χ0n) is 12.7. The Morgan fingerprint density at radius 2 is 2.04 bits per heavy atom. The number of nitriles is 1. The third-order valence-electron chi connectivity index (χ3n) is 4.17. The minimum atomic E-state index is -0.585. The maximum Gasteiger partial charge on any atom is 0.332 e. The third-order valence-corrected chi connectivity index (χ3v) is 4.40. The summed E-state index contributed by atoms with van der Waals surface area (Å²) in [5.74, 6) is 0.523. The van der Waals surface area contributed by atoms with Crippen LogP contribution in [-0.2, 0) is 14.1 Å². The molecule has 2 atom stereocenters. The van der Waals surface area contributed by atoms with Crippen LogP contribution in [-0.4, -0.2) is 15.2 Å². The lowest BCUT2D eigenvalue weighted by molar-refractivity contribution is 0.684. The summed E-state index contributed by atoms with van der Waals surface area (Å²) < 4.78 is 2.23. The number of anilines is 1. The van der Waals surface area contributed by atoms with E-state index in [2.05, 4.69) is 5.32 Å². The number of hydrogen-bond acceptors (Lipinski definition) is 4. The van der Waals surface area contributed by atoms with Gasteiger partial charge in [0.25, 0.3) is 5.56 Å². The largest absolute Gasteiger partial charge is 0.367 e. The van der Waals surface area contributed by atoms with E-state index < -0.39 is 11.2 Å². The summed E-state index contributed by atoms with van der Waals surface area (Å²) >= 11 is 6.00. The molecule has 0 bridgehead atoms. The van der Waals surface area contributed by atoms with Crippen LogP contribution in [0, 0.1) is 11.3 Å². The van der Waals surface area contributed by atoms with E-state index in [-0.39, 0.29) is 23.3 Å². The van der Waals surface area contributed by atoms with Crippen molar-refractivity contribution in [3.63, 3.8) is 0 Å². The highest BCUT2D eigenvalue weighted by Gasteiger charge is 2.39. The van der Waals surface area contributed by atoms with Gasteiger partial charge in [-0.15, -0.1) is 0 Å². The first kappa shape index (κ1) is 15.4. The summed E-state index contributed by atoms with van der Waals surface area (Å²) in [6, 6.07) is 9.56. The van der Waals surface area contributed by atoms with Gasteiger partial charge in [0.15, 0.2) is 5.56 Å². The Kier molecular flexibility index (Phi) is 3.74. The molecule has 0 spiro atoms. The van der Waals surface area contributed by atoms with Crippen molar-refractivity contribution < 1.29 is 0 Å². The lowest BCUT2D eigenvalue weighted by Gasteiger charge is -2.13. The molecular formula is C16H15ClN4O2. The molecular weight excluding hydrogens is 316 g/mol. The molecule has 3 rings (SSSR count). The second kappa shape index (κ2) is 5.60. The number of halogens is 1. The topological polar surface area (TPSA) is 79.8 Å². The number of hydrogen-bond donors (Lipinski definition) is 1. The second-order valence-electron chi connectivity index (χ2n) is 5.69. The fraction of sp³-hybridized carbons (Fsp3) is 0.312. The van der Waals surface area contributed by atoms with E-state index in [1.54, 1.807) is 7.05 Å². The van der Waals surface area contributed by atoms with Crippen LogP contribution < -0.4 is 16.6 Å². The fourth-order valence-corrected chi connectivity index (χ4v) is 2.95. The van der Waals surface area contributed by atoms with Crippen LogP contribution in [0.2, 0.25) is 5.02 Å². The summed E-state index contributed by atoms with van der Waals surface area (Å²) in [5.41, 5.74) is 0.00296. The van der Waals surface area contributed by atoms with Crippen molar-refractivity contribution in [1.82, 2.24) is 9.13 Å². The number of nitrogens with zero attached hydrogens (tertiary/aromatic N) is 3. The van der Waals surface area contributed by atoms with Gasteiger partial charge in [0.05, 0.1) is 0 Å². The molecule has 1 aromatic carbocycles. The van der Waals surface area contributed by atoms with Crippen LogP contribution in [0.1, 0.15) is 23.5 Å². The van der Waals surface area contributed by atoms with Crippen molar-refractivity contribution in [1.29, 1.82) is 5.26 Å². The van der Waals surface area contributed by atoms with Gasteiger partial charge in [0, 0.05) is 31.1 Å². The molecule has 0 saturated heterocycles. The van der Waals surface area contributed by atoms with Crippen molar-refractivity contribution in [2.45, 2.75) is 18.4 Å². The number of aromatic nitrogens is 2. The summed E-state index contributed by atoms with van der Waals surface area (Å²) in [6.45, 7) is 0. The third kappa shape index (κ3) is 2.64. The average molecular weight is 331 g/mol. The van der Waals surface area contributed by atoms with Crippen LogP contribution in [0.3, 0.4) is 0 Å². The predicted molar refractivity (Wildman–Crippen MR) is 87.9 cm³/mol. The molecule has 0 amide bonds. The van der Waals surface area contributed by atoms with Crippen molar-refractivity contribution >= 4 is 17.4 Å². The van der Waals surface area contributed by atoms with Crippen molar-refractivity contribution in [2.75, 3.05) is 5.32 Å². The van der Waals surface area contributed by atoms with Crippen molar-refractivity contribution in [2.24, 2.45) is 14.1 Å².